The van der Waals surface area contributed by atoms with Gasteiger partial charge < -0.3 is 10.6 Å². The van der Waals surface area contributed by atoms with Crippen LogP contribution in [-0.2, 0) is 9.59 Å². The highest BCUT2D eigenvalue weighted by Crippen LogP contribution is 2.12. The first kappa shape index (κ1) is 13.6. The molecule has 2 amide bonds. The van der Waals surface area contributed by atoms with Crippen molar-refractivity contribution in [2.75, 3.05) is 11.9 Å². The van der Waals surface area contributed by atoms with Crippen LogP contribution in [0.15, 0.2) is 5.51 Å². The van der Waals surface area contributed by atoms with Crippen molar-refractivity contribution < 1.29 is 9.59 Å². The molecule has 94 valence electrons. The van der Waals surface area contributed by atoms with Gasteiger partial charge in [0.1, 0.15) is 5.51 Å². The Kier molecular flexibility index (Phi) is 4.56. The fraction of sp³-hybridized carbons (Fsp3) is 0.600. The molecule has 0 aliphatic carbocycles. The predicted molar refractivity (Wildman–Crippen MR) is 65.6 cm³/mol. The van der Waals surface area contributed by atoms with Crippen LogP contribution in [0.1, 0.15) is 27.2 Å². The molecule has 17 heavy (non-hydrogen) atoms. The second-order valence-corrected chi connectivity index (χ2v) is 5.38. The first-order chi connectivity index (χ1) is 7.89. The Morgan fingerprint density at radius 2 is 2.12 bits per heavy atom. The number of nitrogens with zero attached hydrogens (tertiary/aromatic N) is 2. The first-order valence-corrected chi connectivity index (χ1v) is 6.12. The number of nitrogens with one attached hydrogen (secondary N) is 2. The average molecular weight is 256 g/mol. The van der Waals surface area contributed by atoms with E-state index in [4.69, 9.17) is 0 Å². The first-order valence-electron chi connectivity index (χ1n) is 5.24. The maximum atomic E-state index is 11.5. The van der Waals surface area contributed by atoms with Gasteiger partial charge in [0.25, 0.3) is 0 Å². The summed E-state index contributed by atoms with van der Waals surface area (Å²) in [5.74, 6) is -0.253. The molecule has 0 aliphatic rings. The number of carbonyl (C=O) groups excluding carboxylic acids is 2. The van der Waals surface area contributed by atoms with E-state index in [1.165, 1.54) is 16.8 Å². The Hall–Kier alpha value is -1.50. The van der Waals surface area contributed by atoms with Crippen LogP contribution < -0.4 is 10.6 Å². The number of amides is 2. The summed E-state index contributed by atoms with van der Waals surface area (Å²) in [6, 6.07) is 0. The standard InChI is InChI=1S/C10H16N4O2S/c1-10(2,3)8(16)11-5-4-7(15)13-9-14-12-6-17-9/h6H,4-5H2,1-3H3,(H,11,16)(H,13,14,15). The van der Waals surface area contributed by atoms with E-state index >= 15 is 0 Å². The molecule has 1 heterocycles. The number of anilines is 1. The lowest BCUT2D eigenvalue weighted by Gasteiger charge is -2.17. The molecular weight excluding hydrogens is 240 g/mol. The fourth-order valence-corrected chi connectivity index (χ4v) is 1.43. The summed E-state index contributed by atoms with van der Waals surface area (Å²) in [5.41, 5.74) is 1.10. The minimum atomic E-state index is -0.435. The van der Waals surface area contributed by atoms with Gasteiger partial charge in [0, 0.05) is 18.4 Å². The molecule has 1 rings (SSSR count). The predicted octanol–water partition coefficient (Wildman–Crippen LogP) is 1.03. The van der Waals surface area contributed by atoms with Gasteiger partial charge in [-0.25, -0.2) is 0 Å². The monoisotopic (exact) mass is 256 g/mol. The van der Waals surface area contributed by atoms with Gasteiger partial charge in [0.2, 0.25) is 16.9 Å². The van der Waals surface area contributed by atoms with Crippen LogP contribution in [0.5, 0.6) is 0 Å². The lowest BCUT2D eigenvalue weighted by Crippen LogP contribution is -2.36. The summed E-state index contributed by atoms with van der Waals surface area (Å²) in [4.78, 5) is 22.9. The number of carbonyl (C=O) groups is 2. The molecule has 1 aromatic heterocycles. The van der Waals surface area contributed by atoms with E-state index in [2.05, 4.69) is 20.8 Å². The second-order valence-electron chi connectivity index (χ2n) is 4.55. The van der Waals surface area contributed by atoms with Crippen molar-refractivity contribution in [3.05, 3.63) is 5.51 Å². The highest BCUT2D eigenvalue weighted by atomic mass is 32.1. The molecule has 0 radical (unpaired) electrons. The van der Waals surface area contributed by atoms with Crippen molar-refractivity contribution in [2.45, 2.75) is 27.2 Å². The number of aromatic nitrogens is 2. The molecule has 0 aliphatic heterocycles. The molecule has 0 atom stereocenters. The van der Waals surface area contributed by atoms with Crippen molar-refractivity contribution in [2.24, 2.45) is 5.41 Å². The largest absolute Gasteiger partial charge is 0.355 e. The van der Waals surface area contributed by atoms with Gasteiger partial charge in [-0.05, 0) is 0 Å². The Bertz CT molecular complexity index is 384. The molecule has 0 aromatic carbocycles. The summed E-state index contributed by atoms with van der Waals surface area (Å²) in [7, 11) is 0. The number of hydrogen-bond donors (Lipinski definition) is 2. The van der Waals surface area contributed by atoms with E-state index in [0.717, 1.165) is 0 Å². The molecule has 6 nitrogen and oxygen atoms in total. The quantitative estimate of drug-likeness (QED) is 0.842. The zero-order chi connectivity index (χ0) is 12.9. The third-order valence-corrected chi connectivity index (χ3v) is 2.53. The summed E-state index contributed by atoms with van der Waals surface area (Å²) < 4.78 is 0. The Labute approximate surface area is 104 Å². The Morgan fingerprint density at radius 3 is 2.65 bits per heavy atom. The third kappa shape index (κ3) is 4.90. The van der Waals surface area contributed by atoms with E-state index in [1.54, 1.807) is 0 Å². The van der Waals surface area contributed by atoms with Gasteiger partial charge in [0.05, 0.1) is 0 Å². The van der Waals surface area contributed by atoms with Crippen molar-refractivity contribution in [1.29, 1.82) is 0 Å². The smallest absolute Gasteiger partial charge is 0.227 e. The fourth-order valence-electron chi connectivity index (χ4n) is 0.964. The summed E-state index contributed by atoms with van der Waals surface area (Å²) in [5, 5.41) is 13.0. The molecule has 7 heteroatoms. The van der Waals surface area contributed by atoms with E-state index < -0.39 is 5.41 Å². The number of rotatable bonds is 4. The Balaban J connectivity index is 2.23. The van der Waals surface area contributed by atoms with Crippen LogP contribution in [0.2, 0.25) is 0 Å². The molecule has 0 unspecified atom stereocenters. The van der Waals surface area contributed by atoms with Gasteiger partial charge in [-0.2, -0.15) is 0 Å². The molecule has 2 N–H and O–H groups in total. The van der Waals surface area contributed by atoms with Gasteiger partial charge in [-0.3, -0.25) is 9.59 Å². The van der Waals surface area contributed by atoms with E-state index in [-0.39, 0.29) is 18.2 Å². The molecule has 0 bridgehead atoms. The van der Waals surface area contributed by atoms with E-state index in [9.17, 15) is 9.59 Å². The highest BCUT2D eigenvalue weighted by Gasteiger charge is 2.20. The normalized spacial score (nSPS) is 11.0. The molecule has 0 spiro atoms. The van der Waals surface area contributed by atoms with Crippen molar-refractivity contribution in [3.63, 3.8) is 0 Å². The molecule has 0 saturated carbocycles. The van der Waals surface area contributed by atoms with Crippen LogP contribution >= 0.6 is 11.3 Å². The molecule has 1 aromatic rings. The van der Waals surface area contributed by atoms with Crippen LogP contribution in [0.3, 0.4) is 0 Å². The van der Waals surface area contributed by atoms with Crippen molar-refractivity contribution in [3.8, 4) is 0 Å². The van der Waals surface area contributed by atoms with Crippen molar-refractivity contribution in [1.82, 2.24) is 15.5 Å². The second kappa shape index (κ2) is 5.72. The summed E-state index contributed by atoms with van der Waals surface area (Å²) in [6.45, 7) is 5.79. The topological polar surface area (TPSA) is 84.0 Å². The van der Waals surface area contributed by atoms with Gasteiger partial charge in [-0.1, -0.05) is 32.1 Å². The van der Waals surface area contributed by atoms with Crippen LogP contribution in [0, 0.1) is 5.41 Å². The van der Waals surface area contributed by atoms with Gasteiger partial charge >= 0.3 is 0 Å². The zero-order valence-electron chi connectivity index (χ0n) is 10.1. The minimum absolute atomic E-state index is 0.0683. The Morgan fingerprint density at radius 1 is 1.41 bits per heavy atom. The maximum absolute atomic E-state index is 11.5. The van der Waals surface area contributed by atoms with Gasteiger partial charge in [-0.15, -0.1) is 10.2 Å². The SMILES string of the molecule is CC(C)(C)C(=O)NCCC(=O)Nc1nncs1. The molecule has 0 fully saturated rings. The third-order valence-electron chi connectivity index (χ3n) is 1.93. The number of hydrogen-bond acceptors (Lipinski definition) is 5. The highest BCUT2D eigenvalue weighted by molar-refractivity contribution is 7.13. The van der Waals surface area contributed by atoms with E-state index in [0.29, 0.717) is 11.7 Å². The van der Waals surface area contributed by atoms with Crippen molar-refractivity contribution >= 4 is 28.3 Å². The van der Waals surface area contributed by atoms with Crippen LogP contribution in [0.25, 0.3) is 0 Å². The maximum Gasteiger partial charge on any atom is 0.227 e. The summed E-state index contributed by atoms with van der Waals surface area (Å²) >= 11 is 1.25. The van der Waals surface area contributed by atoms with Gasteiger partial charge in [0.15, 0.2) is 0 Å². The average Bonchev–Trinajstić information content (AvgIpc) is 2.68. The molecule has 0 saturated heterocycles. The van der Waals surface area contributed by atoms with Crippen LogP contribution in [0.4, 0.5) is 5.13 Å². The minimum Gasteiger partial charge on any atom is -0.355 e. The van der Waals surface area contributed by atoms with Crippen LogP contribution in [-0.4, -0.2) is 28.6 Å². The lowest BCUT2D eigenvalue weighted by atomic mass is 9.96. The molecular formula is C10H16N4O2S. The zero-order valence-corrected chi connectivity index (χ0v) is 10.9. The van der Waals surface area contributed by atoms with E-state index in [1.807, 2.05) is 20.8 Å². The summed E-state index contributed by atoms with van der Waals surface area (Å²) in [6.07, 6.45) is 0.224. The lowest BCUT2D eigenvalue weighted by molar-refractivity contribution is -0.128.